The fraction of sp³-hybridized carbons (Fsp3) is 0.727. The third-order valence-electron chi connectivity index (χ3n) is 2.61. The minimum Gasteiger partial charge on any atom is -0.392 e. The van der Waals surface area contributed by atoms with Gasteiger partial charge in [0.2, 0.25) is 11.8 Å². The SMILES string of the molecule is C[C@H](O)CNC(=O)CCCN1C(=O)CN(C)C1=O. The van der Waals surface area contributed by atoms with Crippen LogP contribution >= 0.6 is 0 Å². The predicted molar refractivity (Wildman–Crippen MR) is 63.7 cm³/mol. The van der Waals surface area contributed by atoms with Gasteiger partial charge >= 0.3 is 6.03 Å². The maximum absolute atomic E-state index is 11.5. The molecule has 0 saturated carbocycles. The molecule has 1 atom stereocenters. The zero-order valence-electron chi connectivity index (χ0n) is 10.7. The number of rotatable bonds is 6. The van der Waals surface area contributed by atoms with E-state index >= 15 is 0 Å². The van der Waals surface area contributed by atoms with Crippen LogP contribution in [0.15, 0.2) is 0 Å². The van der Waals surface area contributed by atoms with Gasteiger partial charge in [-0.2, -0.15) is 0 Å². The molecule has 2 N–H and O–H groups in total. The Bertz CT molecular complexity index is 343. The molecule has 7 heteroatoms. The largest absolute Gasteiger partial charge is 0.392 e. The van der Waals surface area contributed by atoms with Crippen LogP contribution < -0.4 is 5.32 Å². The number of aliphatic hydroxyl groups excluding tert-OH is 1. The van der Waals surface area contributed by atoms with Crippen LogP contribution in [0.3, 0.4) is 0 Å². The van der Waals surface area contributed by atoms with Gasteiger partial charge in [-0.1, -0.05) is 0 Å². The maximum Gasteiger partial charge on any atom is 0.326 e. The quantitative estimate of drug-likeness (QED) is 0.607. The highest BCUT2D eigenvalue weighted by Crippen LogP contribution is 2.08. The van der Waals surface area contributed by atoms with Crippen molar-refractivity contribution in [2.75, 3.05) is 26.7 Å². The van der Waals surface area contributed by atoms with E-state index < -0.39 is 6.10 Å². The average Bonchev–Trinajstić information content (AvgIpc) is 2.53. The van der Waals surface area contributed by atoms with Crippen LogP contribution in [0, 0.1) is 0 Å². The lowest BCUT2D eigenvalue weighted by atomic mass is 10.2. The smallest absolute Gasteiger partial charge is 0.326 e. The van der Waals surface area contributed by atoms with Crippen molar-refractivity contribution in [3.63, 3.8) is 0 Å². The van der Waals surface area contributed by atoms with Gasteiger partial charge in [-0.15, -0.1) is 0 Å². The van der Waals surface area contributed by atoms with E-state index in [9.17, 15) is 14.4 Å². The van der Waals surface area contributed by atoms with Crippen molar-refractivity contribution >= 4 is 17.8 Å². The number of urea groups is 1. The van der Waals surface area contributed by atoms with Crippen molar-refractivity contribution in [2.45, 2.75) is 25.9 Å². The highest BCUT2D eigenvalue weighted by Gasteiger charge is 2.32. The van der Waals surface area contributed by atoms with Crippen LogP contribution in [0.1, 0.15) is 19.8 Å². The number of likely N-dealkylation sites (N-methyl/N-ethyl adjacent to an activating group) is 1. The fourth-order valence-corrected chi connectivity index (χ4v) is 1.64. The number of carbonyl (C=O) groups excluding carboxylic acids is 3. The summed E-state index contributed by atoms with van der Waals surface area (Å²) in [5, 5.41) is 11.5. The second-order valence-electron chi connectivity index (χ2n) is 4.44. The molecule has 1 saturated heterocycles. The second kappa shape index (κ2) is 6.34. The zero-order chi connectivity index (χ0) is 13.7. The Morgan fingerprint density at radius 3 is 2.67 bits per heavy atom. The van der Waals surface area contributed by atoms with Gasteiger partial charge in [-0.25, -0.2) is 4.79 Å². The highest BCUT2D eigenvalue weighted by molar-refractivity contribution is 6.01. The third-order valence-corrected chi connectivity index (χ3v) is 2.61. The molecule has 0 unspecified atom stereocenters. The minimum atomic E-state index is -0.579. The first-order chi connectivity index (χ1) is 8.41. The maximum atomic E-state index is 11.5. The molecular weight excluding hydrogens is 238 g/mol. The van der Waals surface area contributed by atoms with Crippen molar-refractivity contribution in [2.24, 2.45) is 0 Å². The molecule has 1 fully saturated rings. The first-order valence-corrected chi connectivity index (χ1v) is 5.92. The van der Waals surface area contributed by atoms with Gasteiger partial charge in [-0.3, -0.25) is 14.5 Å². The van der Waals surface area contributed by atoms with Gasteiger partial charge in [0.1, 0.15) is 6.54 Å². The lowest BCUT2D eigenvalue weighted by Crippen LogP contribution is -2.34. The summed E-state index contributed by atoms with van der Waals surface area (Å²) in [6.07, 6.45) is 0.0779. The average molecular weight is 257 g/mol. The van der Waals surface area contributed by atoms with Gasteiger partial charge in [0.25, 0.3) is 0 Å². The van der Waals surface area contributed by atoms with Crippen LogP contribution in [0.25, 0.3) is 0 Å². The molecule has 0 aromatic carbocycles. The lowest BCUT2D eigenvalue weighted by molar-refractivity contribution is -0.126. The van der Waals surface area contributed by atoms with E-state index in [0.29, 0.717) is 6.42 Å². The monoisotopic (exact) mass is 257 g/mol. The molecule has 0 aromatic heterocycles. The molecule has 0 aliphatic carbocycles. The number of aliphatic hydroxyl groups is 1. The van der Waals surface area contributed by atoms with E-state index in [1.54, 1.807) is 14.0 Å². The molecule has 1 heterocycles. The van der Waals surface area contributed by atoms with Gasteiger partial charge in [0.15, 0.2) is 0 Å². The van der Waals surface area contributed by atoms with E-state index in [2.05, 4.69) is 5.32 Å². The Morgan fingerprint density at radius 2 is 2.17 bits per heavy atom. The van der Waals surface area contributed by atoms with Crippen molar-refractivity contribution in [3.8, 4) is 0 Å². The standard InChI is InChI=1S/C11H19N3O4/c1-8(15)6-12-9(16)4-3-5-14-10(17)7-13(2)11(14)18/h8,15H,3-7H2,1-2H3,(H,12,16)/t8-/m0/s1. The molecule has 7 nitrogen and oxygen atoms in total. The van der Waals surface area contributed by atoms with Crippen LogP contribution in [0.5, 0.6) is 0 Å². The van der Waals surface area contributed by atoms with Gasteiger partial charge < -0.3 is 15.3 Å². The van der Waals surface area contributed by atoms with Crippen molar-refractivity contribution in [1.82, 2.24) is 15.1 Å². The molecule has 0 radical (unpaired) electrons. The number of carbonyl (C=O) groups is 3. The molecule has 1 rings (SSSR count). The number of hydrogen-bond acceptors (Lipinski definition) is 4. The molecule has 0 bridgehead atoms. The van der Waals surface area contributed by atoms with Crippen molar-refractivity contribution < 1.29 is 19.5 Å². The molecule has 1 aliphatic rings. The van der Waals surface area contributed by atoms with E-state index in [1.165, 1.54) is 4.90 Å². The molecule has 102 valence electrons. The molecule has 1 aliphatic heterocycles. The van der Waals surface area contributed by atoms with Crippen LogP contribution in [-0.4, -0.2) is 65.5 Å². The summed E-state index contributed by atoms with van der Waals surface area (Å²) in [4.78, 5) is 36.7. The number of hydrogen-bond donors (Lipinski definition) is 2. The molecule has 4 amide bonds. The summed E-state index contributed by atoms with van der Waals surface area (Å²) in [5.74, 6) is -0.421. The Labute approximate surface area is 106 Å². The summed E-state index contributed by atoms with van der Waals surface area (Å²) >= 11 is 0. The van der Waals surface area contributed by atoms with E-state index in [1.807, 2.05) is 0 Å². The Hall–Kier alpha value is -1.63. The predicted octanol–water partition coefficient (Wildman–Crippen LogP) is -0.842. The van der Waals surface area contributed by atoms with Gasteiger partial charge in [0.05, 0.1) is 6.10 Å². The normalized spacial score (nSPS) is 17.3. The summed E-state index contributed by atoms with van der Waals surface area (Å²) in [5.41, 5.74) is 0. The van der Waals surface area contributed by atoms with E-state index in [4.69, 9.17) is 5.11 Å². The van der Waals surface area contributed by atoms with Crippen LogP contribution in [0.4, 0.5) is 4.79 Å². The first-order valence-electron chi connectivity index (χ1n) is 5.92. The molecule has 0 spiro atoms. The zero-order valence-corrected chi connectivity index (χ0v) is 10.7. The Morgan fingerprint density at radius 1 is 1.50 bits per heavy atom. The van der Waals surface area contributed by atoms with E-state index in [-0.39, 0.29) is 43.9 Å². The number of amides is 4. The number of nitrogens with one attached hydrogen (secondary N) is 1. The molecular formula is C11H19N3O4. The Balaban J connectivity index is 2.23. The first kappa shape index (κ1) is 14.4. The van der Waals surface area contributed by atoms with Gasteiger partial charge in [-0.05, 0) is 13.3 Å². The summed E-state index contributed by atoms with van der Waals surface area (Å²) < 4.78 is 0. The highest BCUT2D eigenvalue weighted by atomic mass is 16.3. The summed E-state index contributed by atoms with van der Waals surface area (Å²) in [7, 11) is 1.57. The minimum absolute atomic E-state index is 0.104. The van der Waals surface area contributed by atoms with E-state index in [0.717, 1.165) is 4.90 Å². The lowest BCUT2D eigenvalue weighted by Gasteiger charge is -2.13. The van der Waals surface area contributed by atoms with Crippen molar-refractivity contribution in [3.05, 3.63) is 0 Å². The molecule has 0 aromatic rings. The second-order valence-corrected chi connectivity index (χ2v) is 4.44. The number of nitrogens with zero attached hydrogens (tertiary/aromatic N) is 2. The fourth-order valence-electron chi connectivity index (χ4n) is 1.64. The number of imide groups is 1. The summed E-state index contributed by atoms with van der Waals surface area (Å²) in [6, 6.07) is -0.315. The van der Waals surface area contributed by atoms with Gasteiger partial charge in [0, 0.05) is 26.6 Å². The van der Waals surface area contributed by atoms with Crippen molar-refractivity contribution in [1.29, 1.82) is 0 Å². The Kier molecular flexibility index (Phi) is 5.08. The van der Waals surface area contributed by atoms with Crippen LogP contribution in [-0.2, 0) is 9.59 Å². The summed E-state index contributed by atoms with van der Waals surface area (Å²) in [6.45, 7) is 2.15. The molecule has 18 heavy (non-hydrogen) atoms. The third kappa shape index (κ3) is 3.99. The topological polar surface area (TPSA) is 89.9 Å². The van der Waals surface area contributed by atoms with Crippen LogP contribution in [0.2, 0.25) is 0 Å².